The predicted octanol–water partition coefficient (Wildman–Crippen LogP) is 2.32. The van der Waals surface area contributed by atoms with Crippen molar-refractivity contribution in [2.75, 3.05) is 7.05 Å². The minimum Gasteiger partial charge on any atom is -0.358 e. The lowest BCUT2D eigenvalue weighted by Gasteiger charge is -2.13. The highest BCUT2D eigenvalue weighted by Crippen LogP contribution is 2.25. The van der Waals surface area contributed by atoms with Gasteiger partial charge in [-0.15, -0.1) is 5.10 Å². The molecule has 0 radical (unpaired) electrons. The minimum absolute atomic E-state index is 0.0448. The zero-order valence-corrected chi connectivity index (χ0v) is 14.0. The molecule has 6 nitrogen and oxygen atoms in total. The number of nitrogens with zero attached hydrogens (tertiary/aromatic N) is 3. The van der Waals surface area contributed by atoms with Crippen LogP contribution in [0.2, 0.25) is 0 Å². The summed E-state index contributed by atoms with van der Waals surface area (Å²) in [6.07, 6.45) is 4.04. The van der Waals surface area contributed by atoms with E-state index in [1.165, 1.54) is 11.8 Å². The lowest BCUT2D eigenvalue weighted by Crippen LogP contribution is -2.31. The number of pyridine rings is 1. The van der Waals surface area contributed by atoms with Gasteiger partial charge in [-0.3, -0.25) is 14.9 Å². The van der Waals surface area contributed by atoms with Crippen molar-refractivity contribution >= 4 is 17.7 Å². The predicted molar refractivity (Wildman–Crippen MR) is 93.5 cm³/mol. The standard InChI is InChI=1S/C17H17N5OS/c1-18-16(23)14(10-12-6-3-2-4-7-12)24-17-20-15(21-22-17)13-8-5-9-19-11-13/h2-9,11,14H,10H2,1H3,(H,18,23)(H,20,21,22). The molecular weight excluding hydrogens is 322 g/mol. The number of rotatable bonds is 6. The van der Waals surface area contributed by atoms with Crippen molar-refractivity contribution < 1.29 is 4.79 Å². The van der Waals surface area contributed by atoms with E-state index >= 15 is 0 Å². The number of carbonyl (C=O) groups is 1. The van der Waals surface area contributed by atoms with Gasteiger partial charge in [0.05, 0.1) is 5.25 Å². The van der Waals surface area contributed by atoms with Crippen LogP contribution in [0.15, 0.2) is 60.0 Å². The van der Waals surface area contributed by atoms with E-state index in [0.717, 1.165) is 11.1 Å². The third-order valence-electron chi connectivity index (χ3n) is 3.45. The van der Waals surface area contributed by atoms with Gasteiger partial charge in [-0.25, -0.2) is 4.98 Å². The van der Waals surface area contributed by atoms with Crippen LogP contribution in [0, 0.1) is 0 Å². The molecule has 0 spiro atoms. The van der Waals surface area contributed by atoms with Gasteiger partial charge >= 0.3 is 0 Å². The van der Waals surface area contributed by atoms with Gasteiger partial charge in [-0.2, -0.15) is 0 Å². The van der Waals surface area contributed by atoms with E-state index in [1.54, 1.807) is 19.4 Å². The number of carbonyl (C=O) groups excluding carboxylic acids is 1. The van der Waals surface area contributed by atoms with E-state index in [0.29, 0.717) is 17.4 Å². The first-order chi connectivity index (χ1) is 11.8. The highest BCUT2D eigenvalue weighted by atomic mass is 32.2. The average Bonchev–Trinajstić information content (AvgIpc) is 3.11. The maximum absolute atomic E-state index is 12.2. The second kappa shape index (κ2) is 7.74. The molecule has 24 heavy (non-hydrogen) atoms. The number of amides is 1. The topological polar surface area (TPSA) is 83.6 Å². The Balaban J connectivity index is 1.75. The Bertz CT molecular complexity index is 791. The molecule has 3 rings (SSSR count). The molecule has 1 aromatic carbocycles. The first kappa shape index (κ1) is 16.2. The summed E-state index contributed by atoms with van der Waals surface area (Å²) >= 11 is 1.35. The van der Waals surface area contributed by atoms with E-state index in [9.17, 15) is 4.79 Å². The highest BCUT2D eigenvalue weighted by molar-refractivity contribution is 8.00. The number of aromatic amines is 1. The van der Waals surface area contributed by atoms with Crippen LogP contribution in [0.3, 0.4) is 0 Å². The molecule has 7 heteroatoms. The number of nitrogens with one attached hydrogen (secondary N) is 2. The summed E-state index contributed by atoms with van der Waals surface area (Å²) in [5.41, 5.74) is 1.96. The summed E-state index contributed by atoms with van der Waals surface area (Å²) in [5.74, 6) is 0.595. The van der Waals surface area contributed by atoms with Gasteiger partial charge in [-0.1, -0.05) is 42.1 Å². The molecule has 2 N–H and O–H groups in total. The van der Waals surface area contributed by atoms with Crippen LogP contribution >= 0.6 is 11.8 Å². The molecule has 0 saturated heterocycles. The summed E-state index contributed by atoms with van der Waals surface area (Å²) in [6.45, 7) is 0. The third-order valence-corrected chi connectivity index (χ3v) is 4.51. The highest BCUT2D eigenvalue weighted by Gasteiger charge is 2.21. The van der Waals surface area contributed by atoms with Crippen molar-refractivity contribution in [3.63, 3.8) is 0 Å². The van der Waals surface area contributed by atoms with E-state index < -0.39 is 0 Å². The van der Waals surface area contributed by atoms with Gasteiger partial charge in [0.15, 0.2) is 5.82 Å². The molecule has 0 aliphatic heterocycles. The number of benzene rings is 1. The maximum Gasteiger partial charge on any atom is 0.233 e. The molecule has 3 aromatic rings. The smallest absolute Gasteiger partial charge is 0.233 e. The average molecular weight is 339 g/mol. The summed E-state index contributed by atoms with van der Waals surface area (Å²) in [6, 6.07) is 13.7. The number of hydrogen-bond donors (Lipinski definition) is 2. The van der Waals surface area contributed by atoms with Crippen LogP contribution in [0.25, 0.3) is 11.4 Å². The Hall–Kier alpha value is -2.67. The number of hydrogen-bond acceptors (Lipinski definition) is 5. The molecule has 2 heterocycles. The monoisotopic (exact) mass is 339 g/mol. The van der Waals surface area contributed by atoms with Crippen molar-refractivity contribution in [2.24, 2.45) is 0 Å². The molecular formula is C17H17N5OS. The van der Waals surface area contributed by atoms with Crippen LogP contribution in [0.5, 0.6) is 0 Å². The van der Waals surface area contributed by atoms with Crippen LogP contribution in [-0.4, -0.2) is 38.4 Å². The molecule has 0 saturated carbocycles. The lowest BCUT2D eigenvalue weighted by molar-refractivity contribution is -0.120. The summed E-state index contributed by atoms with van der Waals surface area (Å²) in [5, 5.41) is 10.1. The molecule has 0 aliphatic carbocycles. The normalized spacial score (nSPS) is 11.9. The quantitative estimate of drug-likeness (QED) is 0.673. The Morgan fingerprint density at radius 1 is 1.25 bits per heavy atom. The second-order valence-electron chi connectivity index (χ2n) is 5.12. The molecule has 0 bridgehead atoms. The number of H-pyrrole nitrogens is 1. The van der Waals surface area contributed by atoms with Crippen LogP contribution < -0.4 is 5.32 Å². The first-order valence-corrected chi connectivity index (χ1v) is 8.39. The molecule has 122 valence electrons. The van der Waals surface area contributed by atoms with Crippen molar-refractivity contribution in [1.29, 1.82) is 0 Å². The Morgan fingerprint density at radius 3 is 2.79 bits per heavy atom. The summed E-state index contributed by atoms with van der Waals surface area (Å²) < 4.78 is 0. The van der Waals surface area contributed by atoms with Crippen LogP contribution in [0.4, 0.5) is 0 Å². The van der Waals surface area contributed by atoms with Gasteiger partial charge < -0.3 is 5.32 Å². The maximum atomic E-state index is 12.2. The largest absolute Gasteiger partial charge is 0.358 e. The molecule has 2 aromatic heterocycles. The molecule has 0 fully saturated rings. The second-order valence-corrected chi connectivity index (χ2v) is 6.29. The fraction of sp³-hybridized carbons (Fsp3) is 0.176. The lowest BCUT2D eigenvalue weighted by atomic mass is 10.1. The van der Waals surface area contributed by atoms with Gasteiger partial charge in [0.1, 0.15) is 0 Å². The molecule has 1 amide bonds. The van der Waals surface area contributed by atoms with Gasteiger partial charge in [0.2, 0.25) is 11.1 Å². The third kappa shape index (κ3) is 3.99. The Morgan fingerprint density at radius 2 is 2.08 bits per heavy atom. The molecule has 0 aliphatic rings. The molecule has 1 unspecified atom stereocenters. The number of thioether (sulfide) groups is 1. The van der Waals surface area contributed by atoms with Crippen molar-refractivity contribution in [1.82, 2.24) is 25.5 Å². The Labute approximate surface area is 144 Å². The zero-order valence-electron chi connectivity index (χ0n) is 13.1. The number of aromatic nitrogens is 4. The van der Waals surface area contributed by atoms with Crippen molar-refractivity contribution in [2.45, 2.75) is 16.8 Å². The van der Waals surface area contributed by atoms with Crippen LogP contribution in [0.1, 0.15) is 5.56 Å². The summed E-state index contributed by atoms with van der Waals surface area (Å²) in [4.78, 5) is 20.7. The van der Waals surface area contributed by atoms with Gasteiger partial charge in [-0.05, 0) is 24.1 Å². The van der Waals surface area contributed by atoms with Gasteiger partial charge in [0, 0.05) is 25.0 Å². The fourth-order valence-corrected chi connectivity index (χ4v) is 3.23. The SMILES string of the molecule is CNC(=O)C(Cc1ccccc1)Sc1n[nH]c(-c2cccnc2)n1. The zero-order chi connectivity index (χ0) is 16.8. The first-order valence-electron chi connectivity index (χ1n) is 7.51. The van der Waals surface area contributed by atoms with Gasteiger partial charge in [0.25, 0.3) is 0 Å². The Kier molecular flexibility index (Phi) is 5.22. The van der Waals surface area contributed by atoms with E-state index in [2.05, 4.69) is 25.5 Å². The van der Waals surface area contributed by atoms with E-state index in [4.69, 9.17) is 0 Å². The van der Waals surface area contributed by atoms with Crippen molar-refractivity contribution in [3.8, 4) is 11.4 Å². The van der Waals surface area contributed by atoms with Crippen molar-refractivity contribution in [3.05, 3.63) is 60.4 Å². The van der Waals surface area contributed by atoms with E-state index in [1.807, 2.05) is 42.5 Å². The fourth-order valence-electron chi connectivity index (χ4n) is 2.24. The van der Waals surface area contributed by atoms with Crippen LogP contribution in [-0.2, 0) is 11.2 Å². The molecule has 1 atom stereocenters. The minimum atomic E-state index is -0.296. The summed E-state index contributed by atoms with van der Waals surface area (Å²) in [7, 11) is 1.64. The van der Waals surface area contributed by atoms with E-state index in [-0.39, 0.29) is 11.2 Å².